The number of nitrogens with one attached hydrogen (secondary N) is 2. The van der Waals surface area contributed by atoms with Gasteiger partial charge < -0.3 is 14.8 Å². The van der Waals surface area contributed by atoms with E-state index in [1.807, 2.05) is 21.0 Å². The van der Waals surface area contributed by atoms with Crippen molar-refractivity contribution in [2.45, 2.75) is 36.8 Å². The number of sulfonamides is 1. The molecule has 0 aliphatic carbocycles. The van der Waals surface area contributed by atoms with Crippen LogP contribution in [0.4, 0.5) is 0 Å². The number of nitrogens with zero attached hydrogens (tertiary/aromatic N) is 3. The standard InChI is InChI=1S/C14H27N5O2S/c1-5-12-15-10-13(17-12)22(20,21)16-11-14(18(2)3)6-8-19(4)9-7-14/h10,16H,5-9,11H2,1-4H3,(H,15,17). The molecule has 0 aromatic carbocycles. The number of piperidine rings is 1. The van der Waals surface area contributed by atoms with E-state index in [1.54, 1.807) is 0 Å². The van der Waals surface area contributed by atoms with E-state index < -0.39 is 10.0 Å². The molecule has 2 rings (SSSR count). The van der Waals surface area contributed by atoms with Gasteiger partial charge in [-0.15, -0.1) is 0 Å². The Morgan fingerprint density at radius 2 is 2.05 bits per heavy atom. The second-order valence-corrected chi connectivity index (χ2v) is 8.03. The first kappa shape index (κ1) is 17.4. The van der Waals surface area contributed by atoms with Gasteiger partial charge in [0.2, 0.25) is 0 Å². The molecule has 0 spiro atoms. The molecule has 0 saturated carbocycles. The molecule has 0 radical (unpaired) electrons. The first-order chi connectivity index (χ1) is 10.3. The van der Waals surface area contributed by atoms with Gasteiger partial charge in [-0.2, -0.15) is 0 Å². The summed E-state index contributed by atoms with van der Waals surface area (Å²) in [5.41, 5.74) is -0.132. The summed E-state index contributed by atoms with van der Waals surface area (Å²) in [5, 5.41) is 0.145. The molecule has 1 aliphatic heterocycles. The highest BCUT2D eigenvalue weighted by Crippen LogP contribution is 2.26. The number of hydrogen-bond acceptors (Lipinski definition) is 5. The Labute approximate surface area is 133 Å². The zero-order valence-electron chi connectivity index (χ0n) is 13.9. The van der Waals surface area contributed by atoms with Crippen molar-refractivity contribution in [2.75, 3.05) is 40.8 Å². The molecule has 2 N–H and O–H groups in total. The number of rotatable bonds is 6. The number of hydrogen-bond donors (Lipinski definition) is 2. The summed E-state index contributed by atoms with van der Waals surface area (Å²) < 4.78 is 27.6. The van der Waals surface area contributed by atoms with E-state index in [-0.39, 0.29) is 10.6 Å². The van der Waals surface area contributed by atoms with Crippen LogP contribution in [0, 0.1) is 0 Å². The van der Waals surface area contributed by atoms with Crippen molar-refractivity contribution in [1.82, 2.24) is 24.5 Å². The zero-order chi connectivity index (χ0) is 16.4. The Morgan fingerprint density at radius 1 is 1.41 bits per heavy atom. The predicted octanol–water partition coefficient (Wildman–Crippen LogP) is 0.276. The van der Waals surface area contributed by atoms with Gasteiger partial charge >= 0.3 is 0 Å². The lowest BCUT2D eigenvalue weighted by Crippen LogP contribution is -2.57. The van der Waals surface area contributed by atoms with Crippen LogP contribution in [0.3, 0.4) is 0 Å². The second kappa shape index (κ2) is 6.66. The second-order valence-electron chi connectivity index (χ2n) is 6.29. The van der Waals surface area contributed by atoms with Gasteiger partial charge in [0.1, 0.15) is 5.82 Å². The van der Waals surface area contributed by atoms with Crippen LogP contribution in [0.2, 0.25) is 0 Å². The number of aryl methyl sites for hydroxylation is 1. The highest BCUT2D eigenvalue weighted by atomic mass is 32.2. The van der Waals surface area contributed by atoms with E-state index in [0.29, 0.717) is 18.8 Å². The summed E-state index contributed by atoms with van der Waals surface area (Å²) in [6.45, 7) is 4.30. The Bertz CT molecular complexity index is 588. The largest absolute Gasteiger partial charge is 0.332 e. The van der Waals surface area contributed by atoms with Crippen molar-refractivity contribution in [1.29, 1.82) is 0 Å². The van der Waals surface area contributed by atoms with E-state index in [1.165, 1.54) is 6.20 Å². The van der Waals surface area contributed by atoms with Gasteiger partial charge in [-0.25, -0.2) is 18.1 Å². The van der Waals surface area contributed by atoms with Crippen LogP contribution < -0.4 is 4.72 Å². The van der Waals surface area contributed by atoms with Crippen molar-refractivity contribution in [3.8, 4) is 0 Å². The Morgan fingerprint density at radius 3 is 2.55 bits per heavy atom. The number of imidazole rings is 1. The van der Waals surface area contributed by atoms with E-state index >= 15 is 0 Å². The predicted molar refractivity (Wildman–Crippen MR) is 86.3 cm³/mol. The summed E-state index contributed by atoms with van der Waals surface area (Å²) >= 11 is 0. The van der Waals surface area contributed by atoms with E-state index in [4.69, 9.17) is 0 Å². The fourth-order valence-electron chi connectivity index (χ4n) is 2.78. The number of H-pyrrole nitrogens is 1. The summed E-state index contributed by atoms with van der Waals surface area (Å²) in [7, 11) is 2.59. The number of likely N-dealkylation sites (N-methyl/N-ethyl adjacent to an activating group) is 1. The SMILES string of the molecule is CCc1ncc(S(=O)(=O)NCC2(N(C)C)CCN(C)CC2)[nH]1. The Kier molecular flexibility index (Phi) is 5.26. The van der Waals surface area contributed by atoms with Gasteiger partial charge in [0.05, 0.1) is 6.20 Å². The minimum Gasteiger partial charge on any atom is -0.332 e. The maximum atomic E-state index is 12.4. The zero-order valence-corrected chi connectivity index (χ0v) is 14.7. The van der Waals surface area contributed by atoms with Crippen molar-refractivity contribution in [3.63, 3.8) is 0 Å². The van der Waals surface area contributed by atoms with Gasteiger partial charge in [0.25, 0.3) is 10.0 Å². The highest BCUT2D eigenvalue weighted by molar-refractivity contribution is 7.89. The molecular formula is C14H27N5O2S. The van der Waals surface area contributed by atoms with Gasteiger partial charge in [0, 0.05) is 18.5 Å². The van der Waals surface area contributed by atoms with Crippen molar-refractivity contribution in [3.05, 3.63) is 12.0 Å². The summed E-state index contributed by atoms with van der Waals surface area (Å²) in [5.74, 6) is 0.682. The molecule has 1 aromatic rings. The first-order valence-corrected chi connectivity index (χ1v) is 9.17. The normalized spacial score (nSPS) is 19.7. The molecule has 1 aliphatic rings. The topological polar surface area (TPSA) is 81.3 Å². The van der Waals surface area contributed by atoms with Crippen molar-refractivity contribution < 1.29 is 8.42 Å². The van der Waals surface area contributed by atoms with E-state index in [0.717, 1.165) is 25.9 Å². The molecule has 0 unspecified atom stereocenters. The van der Waals surface area contributed by atoms with Crippen LogP contribution in [0.5, 0.6) is 0 Å². The van der Waals surface area contributed by atoms with Gasteiger partial charge in [0.15, 0.2) is 5.03 Å². The molecule has 1 fully saturated rings. The van der Waals surface area contributed by atoms with E-state index in [2.05, 4.69) is 31.5 Å². The van der Waals surface area contributed by atoms with E-state index in [9.17, 15) is 8.42 Å². The smallest absolute Gasteiger partial charge is 0.257 e. The average molecular weight is 329 g/mol. The average Bonchev–Trinajstić information content (AvgIpc) is 2.96. The van der Waals surface area contributed by atoms with Crippen molar-refractivity contribution in [2.24, 2.45) is 0 Å². The van der Waals surface area contributed by atoms with Gasteiger partial charge in [-0.1, -0.05) is 6.92 Å². The molecule has 0 atom stereocenters. The minimum atomic E-state index is -3.54. The third kappa shape index (κ3) is 3.68. The monoisotopic (exact) mass is 329 g/mol. The third-order valence-corrected chi connectivity index (χ3v) is 6.00. The molecule has 1 saturated heterocycles. The molecule has 2 heterocycles. The molecule has 0 bridgehead atoms. The minimum absolute atomic E-state index is 0.132. The quantitative estimate of drug-likeness (QED) is 0.783. The number of likely N-dealkylation sites (tertiary alicyclic amines) is 1. The lowest BCUT2D eigenvalue weighted by Gasteiger charge is -2.45. The van der Waals surface area contributed by atoms with Crippen LogP contribution in [0.15, 0.2) is 11.2 Å². The lowest BCUT2D eigenvalue weighted by atomic mass is 9.86. The maximum absolute atomic E-state index is 12.4. The lowest BCUT2D eigenvalue weighted by molar-refractivity contribution is 0.0706. The fraction of sp³-hybridized carbons (Fsp3) is 0.786. The highest BCUT2D eigenvalue weighted by Gasteiger charge is 2.37. The molecule has 7 nitrogen and oxygen atoms in total. The molecule has 126 valence electrons. The summed E-state index contributed by atoms with van der Waals surface area (Å²) in [6.07, 6.45) is 3.96. The van der Waals surface area contributed by atoms with Gasteiger partial charge in [-0.05, 0) is 47.1 Å². The molecule has 22 heavy (non-hydrogen) atoms. The third-order valence-electron chi connectivity index (χ3n) is 4.69. The fourth-order valence-corrected chi connectivity index (χ4v) is 3.84. The molecule has 1 aromatic heterocycles. The van der Waals surface area contributed by atoms with Crippen LogP contribution in [-0.2, 0) is 16.4 Å². The number of aromatic nitrogens is 2. The van der Waals surface area contributed by atoms with Crippen LogP contribution in [0.1, 0.15) is 25.6 Å². The Balaban J connectivity index is 2.08. The van der Waals surface area contributed by atoms with Gasteiger partial charge in [-0.3, -0.25) is 0 Å². The van der Waals surface area contributed by atoms with Crippen LogP contribution in [0.25, 0.3) is 0 Å². The Hall–Kier alpha value is -0.960. The molecule has 0 amide bonds. The first-order valence-electron chi connectivity index (χ1n) is 7.68. The van der Waals surface area contributed by atoms with Crippen LogP contribution in [-0.4, -0.2) is 74.5 Å². The molecular weight excluding hydrogens is 302 g/mol. The number of aromatic amines is 1. The van der Waals surface area contributed by atoms with Crippen molar-refractivity contribution >= 4 is 10.0 Å². The summed E-state index contributed by atoms with van der Waals surface area (Å²) in [4.78, 5) is 11.3. The summed E-state index contributed by atoms with van der Waals surface area (Å²) in [6, 6.07) is 0. The maximum Gasteiger partial charge on any atom is 0.257 e. The van der Waals surface area contributed by atoms with Crippen LogP contribution >= 0.6 is 0 Å². The molecule has 8 heteroatoms.